The summed E-state index contributed by atoms with van der Waals surface area (Å²) < 4.78 is 5.36. The molecule has 26 heavy (non-hydrogen) atoms. The predicted molar refractivity (Wildman–Crippen MR) is 99.4 cm³/mol. The van der Waals surface area contributed by atoms with Crippen molar-refractivity contribution in [3.05, 3.63) is 64.7 Å². The molecule has 0 spiro atoms. The van der Waals surface area contributed by atoms with Crippen LogP contribution in [0.4, 0.5) is 5.69 Å². The van der Waals surface area contributed by atoms with Crippen molar-refractivity contribution in [1.29, 1.82) is 5.26 Å². The summed E-state index contributed by atoms with van der Waals surface area (Å²) in [6.45, 7) is 2.07. The Morgan fingerprint density at radius 2 is 2.08 bits per heavy atom. The summed E-state index contributed by atoms with van der Waals surface area (Å²) in [6.07, 6.45) is 4.17. The van der Waals surface area contributed by atoms with Crippen molar-refractivity contribution in [3.8, 4) is 11.8 Å². The quantitative estimate of drug-likeness (QED) is 0.793. The lowest BCUT2D eigenvalue weighted by Crippen LogP contribution is -2.42. The molecule has 1 fully saturated rings. The molecule has 2 aromatic rings. The molecule has 0 aromatic heterocycles. The Kier molecular flexibility index (Phi) is 3.05. The molecule has 0 radical (unpaired) electrons. The van der Waals surface area contributed by atoms with E-state index in [9.17, 15) is 10.1 Å². The minimum atomic E-state index is -0.323. The van der Waals surface area contributed by atoms with Crippen LogP contribution in [-0.2, 0) is 0 Å². The predicted octanol–water partition coefficient (Wildman–Crippen LogP) is 3.71. The summed E-state index contributed by atoms with van der Waals surface area (Å²) in [5.74, 6) is 0.449. The van der Waals surface area contributed by atoms with Gasteiger partial charge in [0.2, 0.25) is 0 Å². The van der Waals surface area contributed by atoms with Gasteiger partial charge in [0, 0.05) is 17.2 Å². The van der Waals surface area contributed by atoms with E-state index in [2.05, 4.69) is 42.2 Å². The first kappa shape index (κ1) is 15.2. The van der Waals surface area contributed by atoms with Crippen LogP contribution in [0.1, 0.15) is 33.0 Å². The second kappa shape index (κ2) is 5.22. The van der Waals surface area contributed by atoms with E-state index in [1.807, 2.05) is 24.3 Å². The molecule has 5 rings (SSSR count). The third kappa shape index (κ3) is 1.75. The van der Waals surface area contributed by atoms with Crippen LogP contribution in [0.2, 0.25) is 0 Å². The topological polar surface area (TPSA) is 53.3 Å². The van der Waals surface area contributed by atoms with E-state index < -0.39 is 0 Å². The fourth-order valence-corrected chi connectivity index (χ4v) is 4.95. The van der Waals surface area contributed by atoms with Gasteiger partial charge in [-0.2, -0.15) is 5.26 Å². The van der Waals surface area contributed by atoms with E-state index in [0.29, 0.717) is 0 Å². The van der Waals surface area contributed by atoms with Crippen molar-refractivity contribution in [2.75, 3.05) is 12.0 Å². The van der Waals surface area contributed by atoms with Gasteiger partial charge in [0.25, 0.3) is 0 Å². The Morgan fingerprint density at radius 3 is 2.85 bits per heavy atom. The number of nitrogens with zero attached hydrogens (tertiary/aromatic N) is 2. The van der Waals surface area contributed by atoms with Crippen LogP contribution in [-0.4, -0.2) is 25.0 Å². The van der Waals surface area contributed by atoms with Gasteiger partial charge >= 0.3 is 0 Å². The third-order valence-electron chi connectivity index (χ3n) is 6.02. The van der Waals surface area contributed by atoms with Gasteiger partial charge in [-0.3, -0.25) is 4.79 Å². The maximum atomic E-state index is 13.3. The van der Waals surface area contributed by atoms with Crippen LogP contribution in [0, 0.1) is 24.2 Å². The highest BCUT2D eigenvalue weighted by atomic mass is 16.5. The first-order valence-corrected chi connectivity index (χ1v) is 8.83. The van der Waals surface area contributed by atoms with Gasteiger partial charge in [-0.25, -0.2) is 0 Å². The molecule has 1 aliphatic carbocycles. The van der Waals surface area contributed by atoms with E-state index in [-0.39, 0.29) is 29.7 Å². The molecule has 3 aliphatic rings. The molecular weight excluding hydrogens is 324 g/mol. The highest BCUT2D eigenvalue weighted by Crippen LogP contribution is 2.53. The Morgan fingerprint density at radius 1 is 1.23 bits per heavy atom. The highest BCUT2D eigenvalue weighted by Gasteiger charge is 2.57. The van der Waals surface area contributed by atoms with Crippen LogP contribution < -0.4 is 9.64 Å². The van der Waals surface area contributed by atoms with Crippen LogP contribution in [0.15, 0.2) is 42.5 Å². The maximum absolute atomic E-state index is 13.3. The summed E-state index contributed by atoms with van der Waals surface area (Å²) in [5.41, 5.74) is 5.00. The number of para-hydroxylation sites is 1. The van der Waals surface area contributed by atoms with E-state index >= 15 is 0 Å². The first-order chi connectivity index (χ1) is 12.7. The largest absolute Gasteiger partial charge is 0.497 e. The first-order valence-electron chi connectivity index (χ1n) is 8.83. The molecule has 4 atom stereocenters. The number of anilines is 1. The lowest BCUT2D eigenvalue weighted by Gasteiger charge is -2.35. The number of hydrogen-bond donors (Lipinski definition) is 0. The molecule has 4 heteroatoms. The number of carbonyl (C=O) groups is 1. The summed E-state index contributed by atoms with van der Waals surface area (Å²) in [7, 11) is 1.62. The molecule has 0 bridgehead atoms. The number of Topliss-reactive ketones (excluding diaryl/α,β-unsaturated/α-hetero) is 1. The standard InChI is InChI=1S/C22H18N2O2/c1-12-4-3-5-13-6-9-18-17(11-23)19-16-10-14(26-2)7-8-15(16)22(25)21(19)24(18)20(12)13/h3-10,17-19,21H,1-2H3/t17-,18+,19+,21-/m0/s1. The number of ketones is 1. The number of aryl methyl sites for hydroxylation is 1. The van der Waals surface area contributed by atoms with Crippen molar-refractivity contribution < 1.29 is 9.53 Å². The Balaban J connectivity index is 1.74. The molecule has 0 amide bonds. The molecule has 2 aromatic carbocycles. The van der Waals surface area contributed by atoms with Crippen molar-refractivity contribution in [2.45, 2.75) is 24.9 Å². The average Bonchev–Trinajstić information content (AvgIpc) is 3.14. The summed E-state index contributed by atoms with van der Waals surface area (Å²) in [6, 6.07) is 13.9. The van der Waals surface area contributed by atoms with Crippen molar-refractivity contribution in [3.63, 3.8) is 0 Å². The summed E-state index contributed by atoms with van der Waals surface area (Å²) >= 11 is 0. The van der Waals surface area contributed by atoms with E-state index in [0.717, 1.165) is 33.7 Å². The number of ether oxygens (including phenoxy) is 1. The molecule has 4 nitrogen and oxygen atoms in total. The van der Waals surface area contributed by atoms with Gasteiger partial charge in [0.15, 0.2) is 5.78 Å². The van der Waals surface area contributed by atoms with E-state index in [1.54, 1.807) is 7.11 Å². The fraction of sp³-hybridized carbons (Fsp3) is 0.273. The van der Waals surface area contributed by atoms with Crippen LogP contribution in [0.5, 0.6) is 5.75 Å². The number of carbonyl (C=O) groups excluding carboxylic acids is 1. The zero-order valence-corrected chi connectivity index (χ0v) is 14.6. The normalized spacial score (nSPS) is 27.4. The lowest BCUT2D eigenvalue weighted by molar-refractivity contribution is 0.0970. The maximum Gasteiger partial charge on any atom is 0.186 e. The van der Waals surface area contributed by atoms with Crippen LogP contribution >= 0.6 is 0 Å². The molecule has 2 aliphatic heterocycles. The van der Waals surface area contributed by atoms with Crippen LogP contribution in [0.25, 0.3) is 6.08 Å². The second-order valence-electron chi connectivity index (χ2n) is 7.21. The number of methoxy groups -OCH3 is 1. The van der Waals surface area contributed by atoms with E-state index in [4.69, 9.17) is 4.74 Å². The number of hydrogen-bond acceptors (Lipinski definition) is 4. The Bertz CT molecular complexity index is 1020. The summed E-state index contributed by atoms with van der Waals surface area (Å²) in [5, 5.41) is 9.95. The highest BCUT2D eigenvalue weighted by molar-refractivity contribution is 6.09. The number of nitriles is 1. The number of fused-ring (bicyclic) bond motifs is 7. The number of benzene rings is 2. The Hall–Kier alpha value is -3.06. The van der Waals surface area contributed by atoms with Gasteiger partial charge in [0.1, 0.15) is 11.8 Å². The molecule has 2 heterocycles. The van der Waals surface area contributed by atoms with Crippen molar-refractivity contribution >= 4 is 17.5 Å². The molecule has 128 valence electrons. The smallest absolute Gasteiger partial charge is 0.186 e. The SMILES string of the molecule is COc1ccc2c(c1)[C@@H]1[C@@H](C#N)[C@H]3C=Cc4cccc(C)c4N3[C@@H]1C2=O. The molecule has 0 unspecified atom stereocenters. The monoisotopic (exact) mass is 342 g/mol. The second-order valence-corrected chi connectivity index (χ2v) is 7.21. The third-order valence-corrected chi connectivity index (χ3v) is 6.02. The van der Waals surface area contributed by atoms with Crippen LogP contribution in [0.3, 0.4) is 0 Å². The van der Waals surface area contributed by atoms with Gasteiger partial charge in [0.05, 0.1) is 25.1 Å². The number of rotatable bonds is 1. The minimum Gasteiger partial charge on any atom is -0.497 e. The lowest BCUT2D eigenvalue weighted by atomic mass is 9.85. The van der Waals surface area contributed by atoms with Crippen molar-refractivity contribution in [1.82, 2.24) is 0 Å². The molecular formula is C22H18N2O2. The molecule has 0 N–H and O–H groups in total. The minimum absolute atomic E-state index is 0.0769. The van der Waals surface area contributed by atoms with Gasteiger partial charge < -0.3 is 9.64 Å². The van der Waals surface area contributed by atoms with Gasteiger partial charge in [-0.05, 0) is 41.8 Å². The zero-order chi connectivity index (χ0) is 18.0. The molecule has 1 saturated heterocycles. The summed E-state index contributed by atoms with van der Waals surface area (Å²) in [4.78, 5) is 15.5. The Labute approximate surface area is 152 Å². The molecule has 0 saturated carbocycles. The fourth-order valence-electron chi connectivity index (χ4n) is 4.95. The average molecular weight is 342 g/mol. The van der Waals surface area contributed by atoms with Gasteiger partial charge in [-0.1, -0.05) is 30.4 Å². The zero-order valence-electron chi connectivity index (χ0n) is 14.6. The van der Waals surface area contributed by atoms with Gasteiger partial charge in [-0.15, -0.1) is 0 Å². The van der Waals surface area contributed by atoms with Crippen molar-refractivity contribution in [2.24, 2.45) is 5.92 Å². The van der Waals surface area contributed by atoms with E-state index in [1.165, 1.54) is 0 Å².